The van der Waals surface area contributed by atoms with E-state index < -0.39 is 0 Å². The molecule has 0 aliphatic rings. The first kappa shape index (κ1) is 9.94. The van der Waals surface area contributed by atoms with E-state index in [2.05, 4.69) is 23.6 Å². The van der Waals surface area contributed by atoms with Crippen LogP contribution < -0.4 is 4.90 Å². The molecule has 13 heavy (non-hydrogen) atoms. The number of rotatable bonds is 3. The van der Waals surface area contributed by atoms with Crippen LogP contribution in [0.1, 0.15) is 5.56 Å². The number of thiol groups is 1. The van der Waals surface area contributed by atoms with Crippen LogP contribution in [0.2, 0.25) is 0 Å². The highest BCUT2D eigenvalue weighted by Gasteiger charge is 1.98. The average molecular weight is 192 g/mol. The molecule has 0 bridgehead atoms. The van der Waals surface area contributed by atoms with Gasteiger partial charge in [0.1, 0.15) is 0 Å². The number of anilines is 1. The SMILES string of the molecule is CN(CCS)c1ccc(C#N)cc1. The molecule has 1 aromatic rings. The third kappa shape index (κ3) is 2.67. The Hall–Kier alpha value is -1.14. The quantitative estimate of drug-likeness (QED) is 0.741. The number of benzene rings is 1. The molecule has 68 valence electrons. The first-order valence-electron chi connectivity index (χ1n) is 4.10. The van der Waals surface area contributed by atoms with Gasteiger partial charge in [-0.1, -0.05) is 0 Å². The summed E-state index contributed by atoms with van der Waals surface area (Å²) in [6.07, 6.45) is 0. The molecule has 2 nitrogen and oxygen atoms in total. The van der Waals surface area contributed by atoms with Gasteiger partial charge in [0.15, 0.2) is 0 Å². The van der Waals surface area contributed by atoms with E-state index in [0.717, 1.165) is 18.0 Å². The fraction of sp³-hybridized carbons (Fsp3) is 0.300. The van der Waals surface area contributed by atoms with Gasteiger partial charge in [0.05, 0.1) is 11.6 Å². The normalized spacial score (nSPS) is 9.31. The monoisotopic (exact) mass is 192 g/mol. The average Bonchev–Trinajstić information content (AvgIpc) is 2.18. The lowest BCUT2D eigenvalue weighted by Crippen LogP contribution is -2.19. The van der Waals surface area contributed by atoms with Crippen molar-refractivity contribution in [3.05, 3.63) is 29.8 Å². The summed E-state index contributed by atoms with van der Waals surface area (Å²) in [5.74, 6) is 0.830. The molecule has 0 saturated carbocycles. The van der Waals surface area contributed by atoms with E-state index in [1.54, 1.807) is 0 Å². The summed E-state index contributed by atoms with van der Waals surface area (Å²) in [6.45, 7) is 0.912. The largest absolute Gasteiger partial charge is 0.374 e. The van der Waals surface area contributed by atoms with Crippen molar-refractivity contribution < 1.29 is 0 Å². The van der Waals surface area contributed by atoms with Gasteiger partial charge >= 0.3 is 0 Å². The van der Waals surface area contributed by atoms with Gasteiger partial charge in [-0.25, -0.2) is 0 Å². The number of hydrogen-bond donors (Lipinski definition) is 1. The summed E-state index contributed by atoms with van der Waals surface area (Å²) in [6, 6.07) is 9.63. The van der Waals surface area contributed by atoms with Gasteiger partial charge in [-0.3, -0.25) is 0 Å². The molecule has 0 saturated heterocycles. The van der Waals surface area contributed by atoms with Crippen molar-refractivity contribution >= 4 is 18.3 Å². The van der Waals surface area contributed by atoms with Crippen molar-refractivity contribution in [2.75, 3.05) is 24.2 Å². The Labute approximate surface area is 84.2 Å². The lowest BCUT2D eigenvalue weighted by atomic mass is 10.2. The molecule has 0 atom stereocenters. The molecule has 0 unspecified atom stereocenters. The summed E-state index contributed by atoms with van der Waals surface area (Å²) in [4.78, 5) is 2.11. The Balaban J connectivity index is 2.75. The van der Waals surface area contributed by atoms with Gasteiger partial charge < -0.3 is 4.90 Å². The maximum atomic E-state index is 8.59. The highest BCUT2D eigenvalue weighted by Crippen LogP contribution is 2.12. The van der Waals surface area contributed by atoms with Crippen LogP contribution in [0.5, 0.6) is 0 Å². The second kappa shape index (κ2) is 4.78. The van der Waals surface area contributed by atoms with Gasteiger partial charge in [0, 0.05) is 25.0 Å². The summed E-state index contributed by atoms with van der Waals surface area (Å²) in [5.41, 5.74) is 1.82. The summed E-state index contributed by atoms with van der Waals surface area (Å²) >= 11 is 4.15. The highest BCUT2D eigenvalue weighted by atomic mass is 32.1. The van der Waals surface area contributed by atoms with Crippen LogP contribution in [0.25, 0.3) is 0 Å². The zero-order chi connectivity index (χ0) is 9.68. The third-order valence-electron chi connectivity index (χ3n) is 1.87. The van der Waals surface area contributed by atoms with Crippen molar-refractivity contribution in [1.29, 1.82) is 5.26 Å². The van der Waals surface area contributed by atoms with E-state index in [9.17, 15) is 0 Å². The zero-order valence-corrected chi connectivity index (χ0v) is 8.46. The van der Waals surface area contributed by atoms with Crippen molar-refractivity contribution in [2.45, 2.75) is 0 Å². The summed E-state index contributed by atoms with van der Waals surface area (Å²) in [5, 5.41) is 8.59. The first-order chi connectivity index (χ1) is 6.27. The Morgan fingerprint density at radius 1 is 1.38 bits per heavy atom. The molecule has 0 heterocycles. The van der Waals surface area contributed by atoms with Crippen LogP contribution in [-0.4, -0.2) is 19.3 Å². The Kier molecular flexibility index (Phi) is 3.66. The fourth-order valence-electron chi connectivity index (χ4n) is 1.07. The van der Waals surface area contributed by atoms with E-state index in [4.69, 9.17) is 5.26 Å². The molecule has 0 aliphatic carbocycles. The van der Waals surface area contributed by atoms with Gasteiger partial charge in [-0.15, -0.1) is 0 Å². The van der Waals surface area contributed by atoms with E-state index in [1.807, 2.05) is 31.3 Å². The van der Waals surface area contributed by atoms with Gasteiger partial charge in [0.2, 0.25) is 0 Å². The second-order valence-corrected chi connectivity index (χ2v) is 3.25. The van der Waals surface area contributed by atoms with Crippen molar-refractivity contribution in [3.8, 4) is 6.07 Å². The Morgan fingerprint density at radius 2 is 2.00 bits per heavy atom. The molecule has 0 spiro atoms. The van der Waals surface area contributed by atoms with E-state index in [-0.39, 0.29) is 0 Å². The maximum Gasteiger partial charge on any atom is 0.0991 e. The van der Waals surface area contributed by atoms with Crippen LogP contribution in [0.3, 0.4) is 0 Å². The van der Waals surface area contributed by atoms with Crippen LogP contribution in [0.15, 0.2) is 24.3 Å². The topological polar surface area (TPSA) is 27.0 Å². The van der Waals surface area contributed by atoms with Crippen LogP contribution in [-0.2, 0) is 0 Å². The smallest absolute Gasteiger partial charge is 0.0991 e. The van der Waals surface area contributed by atoms with E-state index >= 15 is 0 Å². The summed E-state index contributed by atoms with van der Waals surface area (Å²) < 4.78 is 0. The fourth-order valence-corrected chi connectivity index (χ4v) is 1.37. The minimum atomic E-state index is 0.697. The molecular weight excluding hydrogens is 180 g/mol. The molecule has 3 heteroatoms. The van der Waals surface area contributed by atoms with Crippen LogP contribution in [0, 0.1) is 11.3 Å². The number of nitrogens with zero attached hydrogens (tertiary/aromatic N) is 2. The second-order valence-electron chi connectivity index (χ2n) is 2.80. The van der Waals surface area contributed by atoms with Crippen molar-refractivity contribution in [2.24, 2.45) is 0 Å². The number of nitriles is 1. The minimum Gasteiger partial charge on any atom is -0.374 e. The molecule has 0 radical (unpaired) electrons. The van der Waals surface area contributed by atoms with Crippen molar-refractivity contribution in [1.82, 2.24) is 0 Å². The highest BCUT2D eigenvalue weighted by molar-refractivity contribution is 7.80. The van der Waals surface area contributed by atoms with Gasteiger partial charge in [-0.2, -0.15) is 17.9 Å². The van der Waals surface area contributed by atoms with Crippen LogP contribution >= 0.6 is 12.6 Å². The molecule has 0 N–H and O–H groups in total. The molecule has 0 aliphatic heterocycles. The van der Waals surface area contributed by atoms with Crippen molar-refractivity contribution in [3.63, 3.8) is 0 Å². The lowest BCUT2D eigenvalue weighted by molar-refractivity contribution is 0.980. The minimum absolute atomic E-state index is 0.697. The van der Waals surface area contributed by atoms with Gasteiger partial charge in [0.25, 0.3) is 0 Å². The van der Waals surface area contributed by atoms with E-state index in [1.165, 1.54) is 0 Å². The predicted molar refractivity (Wildman–Crippen MR) is 58.3 cm³/mol. The first-order valence-corrected chi connectivity index (χ1v) is 4.73. The maximum absolute atomic E-state index is 8.59. The van der Waals surface area contributed by atoms with E-state index in [0.29, 0.717) is 5.56 Å². The molecule has 0 amide bonds. The molecular formula is C10H12N2S. The number of hydrogen-bond acceptors (Lipinski definition) is 3. The summed E-state index contributed by atoms with van der Waals surface area (Å²) in [7, 11) is 2.01. The Morgan fingerprint density at radius 3 is 2.46 bits per heavy atom. The van der Waals surface area contributed by atoms with Gasteiger partial charge in [-0.05, 0) is 24.3 Å². The molecule has 0 aromatic heterocycles. The Bertz CT molecular complexity index is 300. The predicted octanol–water partition coefficient (Wildman–Crippen LogP) is 1.92. The lowest BCUT2D eigenvalue weighted by Gasteiger charge is -2.17. The van der Waals surface area contributed by atoms with Crippen LogP contribution in [0.4, 0.5) is 5.69 Å². The molecule has 1 rings (SSSR count). The standard InChI is InChI=1S/C10H12N2S/c1-12(6-7-13)10-4-2-9(8-11)3-5-10/h2-5,13H,6-7H2,1H3. The third-order valence-corrected chi connectivity index (χ3v) is 2.07. The molecule has 1 aromatic carbocycles. The zero-order valence-electron chi connectivity index (χ0n) is 7.57. The molecule has 0 fully saturated rings.